The molecule has 0 radical (unpaired) electrons. The molecule has 0 bridgehead atoms. The zero-order valence-electron chi connectivity index (χ0n) is 7.74. The summed E-state index contributed by atoms with van der Waals surface area (Å²) in [5, 5.41) is 0.551. The van der Waals surface area contributed by atoms with Crippen molar-refractivity contribution in [2.24, 2.45) is 0 Å². The number of hydrogen-bond acceptors (Lipinski definition) is 4. The van der Waals surface area contributed by atoms with Gasteiger partial charge in [0.05, 0.1) is 0 Å². The number of rotatable bonds is 6. The normalized spacial score (nSPS) is 13.8. The molecule has 4 nitrogen and oxygen atoms in total. The first kappa shape index (κ1) is 14.9. The predicted octanol–water partition coefficient (Wildman–Crippen LogP) is 2.60. The monoisotopic (exact) mass is 309 g/mol. The fourth-order valence-corrected chi connectivity index (χ4v) is 21.1. The van der Waals surface area contributed by atoms with Crippen molar-refractivity contribution in [2.45, 2.75) is 10.0 Å². The van der Waals surface area contributed by atoms with Crippen molar-refractivity contribution in [2.75, 3.05) is 0 Å². The van der Waals surface area contributed by atoms with E-state index in [1.807, 2.05) is 0 Å². The van der Waals surface area contributed by atoms with Crippen molar-refractivity contribution in [3.8, 4) is 0 Å². The zero-order chi connectivity index (χ0) is 11.5. The van der Waals surface area contributed by atoms with Gasteiger partial charge in [-0.15, -0.1) is 0 Å². The van der Waals surface area contributed by atoms with E-state index in [0.29, 0.717) is 0 Å². The molecule has 0 spiro atoms. The summed E-state index contributed by atoms with van der Waals surface area (Å²) in [5.74, 6) is 0. The van der Waals surface area contributed by atoms with Crippen LogP contribution in [-0.4, -0.2) is 9.79 Å². The molecule has 0 unspecified atom stereocenters. The third-order valence-electron chi connectivity index (χ3n) is 2.03. The van der Waals surface area contributed by atoms with Gasteiger partial charge in [-0.05, 0) is 0 Å². The first-order valence-electron chi connectivity index (χ1n) is 4.32. The van der Waals surface area contributed by atoms with E-state index in [-0.39, 0.29) is 10.0 Å². The van der Waals surface area contributed by atoms with Gasteiger partial charge >= 0.3 is 93.6 Å². The van der Waals surface area contributed by atoms with Gasteiger partial charge in [-0.1, -0.05) is 0 Å². The standard InChI is InChI=1S/2C3H5.H3O4P.2H2S.Zn/c2*1-3-2;1-5(2,3)4;;;/h2*3H,1-2H2;(H3,1,2,3,4);2*1H2;/q;;;;;+3/p-3. The molecule has 0 amide bonds. The zero-order valence-corrected chi connectivity index (χ0v) is 13.4. The Balaban J connectivity index is 4.97. The molecule has 0 aliphatic heterocycles. The van der Waals surface area contributed by atoms with Gasteiger partial charge in [-0.25, -0.2) is 0 Å². The minimum absolute atomic E-state index is 0.276. The third-order valence-corrected chi connectivity index (χ3v) is 24.4. The van der Waals surface area contributed by atoms with E-state index in [4.69, 9.17) is 13.1 Å². The van der Waals surface area contributed by atoms with Crippen molar-refractivity contribution in [3.05, 3.63) is 25.3 Å². The quantitative estimate of drug-likeness (QED) is 0.263. The Morgan fingerprint density at radius 2 is 1.64 bits per heavy atom. The van der Waals surface area contributed by atoms with Crippen molar-refractivity contribution in [3.63, 3.8) is 0 Å². The second-order valence-electron chi connectivity index (χ2n) is 3.83. The van der Waals surface area contributed by atoms with Crippen molar-refractivity contribution >= 4 is 29.1 Å². The van der Waals surface area contributed by atoms with Crippen LogP contribution in [0, 0.1) is 0 Å². The van der Waals surface area contributed by atoms with Gasteiger partial charge in [0.2, 0.25) is 0 Å². The molecule has 14 heavy (non-hydrogen) atoms. The Morgan fingerprint density at radius 1 is 1.29 bits per heavy atom. The van der Waals surface area contributed by atoms with Gasteiger partial charge in [0.15, 0.2) is 0 Å². The summed E-state index contributed by atoms with van der Waals surface area (Å²) in [5.41, 5.74) is 0. The molecular formula is C6H14O4PS2Zn. The van der Waals surface area contributed by atoms with E-state index in [2.05, 4.69) is 34.4 Å². The molecule has 0 aliphatic rings. The molecule has 0 heterocycles. The molecular weight excluding hydrogens is 297 g/mol. The average molecular weight is 311 g/mol. The number of allylic oxidation sites excluding steroid dienone is 2. The van der Waals surface area contributed by atoms with Crippen molar-refractivity contribution in [1.82, 2.24) is 0 Å². The molecule has 0 atom stereocenters. The van der Waals surface area contributed by atoms with Crippen LogP contribution in [0.1, 0.15) is 0 Å². The summed E-state index contributed by atoms with van der Waals surface area (Å²) in [6.45, 7) is 6.98. The van der Waals surface area contributed by atoms with Gasteiger partial charge in [-0.2, -0.15) is 0 Å². The molecule has 2 N–H and O–H groups in total. The fraction of sp³-hybridized carbons (Fsp3) is 0.333. The summed E-state index contributed by atoms with van der Waals surface area (Å²) in [6.07, 6.45) is 3.01. The van der Waals surface area contributed by atoms with E-state index < -0.39 is 19.3 Å². The SMILES string of the molecule is C=C[CH2][Zn]([SH])([SH])([CH2]C=C)[O]P(=O)(O)O. The van der Waals surface area contributed by atoms with Crippen molar-refractivity contribution in [1.29, 1.82) is 0 Å². The van der Waals surface area contributed by atoms with Crippen molar-refractivity contribution < 1.29 is 29.2 Å². The van der Waals surface area contributed by atoms with Crippen LogP contribution in [0.2, 0.25) is 10.0 Å². The number of thiol groups is 2. The molecule has 0 saturated heterocycles. The van der Waals surface area contributed by atoms with Crippen LogP contribution in [0.4, 0.5) is 0 Å². The number of phosphoric acid groups is 1. The van der Waals surface area contributed by atoms with Gasteiger partial charge in [0.25, 0.3) is 0 Å². The van der Waals surface area contributed by atoms with E-state index >= 15 is 0 Å². The molecule has 0 aromatic rings. The third kappa shape index (κ3) is 5.71. The second-order valence-corrected chi connectivity index (χ2v) is 35.6. The number of hydrogen-bond donors (Lipinski definition) is 4. The average Bonchev–Trinajstić information content (AvgIpc) is 1.79. The van der Waals surface area contributed by atoms with E-state index in [0.717, 1.165) is 0 Å². The van der Waals surface area contributed by atoms with Crippen LogP contribution in [0.15, 0.2) is 25.3 Å². The van der Waals surface area contributed by atoms with E-state index in [9.17, 15) is 4.57 Å². The maximum atomic E-state index is 10.8. The van der Waals surface area contributed by atoms with Gasteiger partial charge in [-0.3, -0.25) is 0 Å². The Kier molecular flexibility index (Phi) is 5.15. The predicted molar refractivity (Wildman–Crippen MR) is 61.1 cm³/mol. The Hall–Kier alpha value is 0.913. The van der Waals surface area contributed by atoms with E-state index in [1.165, 1.54) is 12.2 Å². The molecule has 0 aliphatic carbocycles. The summed E-state index contributed by atoms with van der Waals surface area (Å²) in [6, 6.07) is 0. The van der Waals surface area contributed by atoms with Crippen LogP contribution in [0.3, 0.4) is 0 Å². The second kappa shape index (κ2) is 4.83. The van der Waals surface area contributed by atoms with Gasteiger partial charge in [0, 0.05) is 0 Å². The first-order valence-corrected chi connectivity index (χ1v) is 20.5. The van der Waals surface area contributed by atoms with Gasteiger partial charge in [0.1, 0.15) is 0 Å². The summed E-state index contributed by atoms with van der Waals surface area (Å²) in [4.78, 5) is 17.5. The topological polar surface area (TPSA) is 66.8 Å². The minimum atomic E-state index is -4.56. The molecule has 0 fully saturated rings. The van der Waals surface area contributed by atoms with Crippen LogP contribution in [0.25, 0.3) is 0 Å². The van der Waals surface area contributed by atoms with Crippen LogP contribution in [-0.2, 0) is 19.4 Å². The summed E-state index contributed by atoms with van der Waals surface area (Å²) < 4.78 is 15.5. The summed E-state index contributed by atoms with van der Waals surface area (Å²) >= 11 is -4.46. The molecule has 0 saturated carbocycles. The van der Waals surface area contributed by atoms with Crippen LogP contribution >= 0.6 is 29.1 Å². The molecule has 0 rings (SSSR count). The Morgan fingerprint density at radius 3 is 1.86 bits per heavy atom. The maximum absolute atomic E-state index is 10.8. The summed E-state index contributed by atoms with van der Waals surface area (Å²) in [7, 11) is 3.94. The molecule has 8 heteroatoms. The van der Waals surface area contributed by atoms with Crippen LogP contribution < -0.4 is 0 Å². The molecule has 0 aromatic carbocycles. The molecule has 0 aromatic heterocycles. The molecule has 81 valence electrons. The Labute approximate surface area is 93.3 Å². The fourth-order valence-electron chi connectivity index (χ4n) is 1.43. The first-order chi connectivity index (χ1) is 6.11. The van der Waals surface area contributed by atoms with Gasteiger partial charge < -0.3 is 0 Å². The Bertz CT molecular complexity index is 274. The van der Waals surface area contributed by atoms with Crippen LogP contribution in [0.5, 0.6) is 0 Å². The van der Waals surface area contributed by atoms with E-state index in [1.54, 1.807) is 0 Å².